The van der Waals surface area contributed by atoms with Crippen molar-refractivity contribution >= 4 is 11.6 Å². The summed E-state index contributed by atoms with van der Waals surface area (Å²) in [5.74, 6) is 2.33. The van der Waals surface area contributed by atoms with E-state index >= 15 is 0 Å². The molecule has 5 nitrogen and oxygen atoms in total. The Morgan fingerprint density at radius 2 is 1.77 bits per heavy atom. The Hall–Kier alpha value is -1.75. The number of rotatable bonds is 3. The van der Waals surface area contributed by atoms with Gasteiger partial charge in [-0.15, -0.1) is 0 Å². The summed E-state index contributed by atoms with van der Waals surface area (Å²) in [7, 11) is 0. The van der Waals surface area contributed by atoms with Gasteiger partial charge in [0.1, 0.15) is 5.75 Å². The quantitative estimate of drug-likeness (QED) is 0.852. The van der Waals surface area contributed by atoms with Gasteiger partial charge in [0, 0.05) is 13.1 Å². The Balaban J connectivity index is 1.26. The molecule has 2 atom stereocenters. The average Bonchev–Trinajstić information content (AvgIpc) is 2.69. The van der Waals surface area contributed by atoms with Gasteiger partial charge in [-0.1, -0.05) is 31.4 Å². The Morgan fingerprint density at radius 1 is 1.04 bits per heavy atom. The van der Waals surface area contributed by atoms with Crippen LogP contribution in [0.3, 0.4) is 0 Å². The molecule has 0 unspecified atom stereocenters. The number of piperidine rings is 1. The molecule has 1 aromatic rings. The molecule has 1 amide bonds. The summed E-state index contributed by atoms with van der Waals surface area (Å²) in [5.41, 5.74) is 0.914. The lowest BCUT2D eigenvalue weighted by Crippen LogP contribution is -3.16. The number of carbonyl (C=O) groups is 1. The summed E-state index contributed by atoms with van der Waals surface area (Å²) in [6.07, 6.45) is 6.66. The number of benzene rings is 1. The molecular formula is C21H32N3O2+. The largest absolute Gasteiger partial charge is 0.506 e. The maximum absolute atomic E-state index is 12.8. The molecule has 4 rings (SSSR count). The maximum Gasteiger partial charge on any atom is 0.277 e. The van der Waals surface area contributed by atoms with Crippen LogP contribution in [0.4, 0.5) is 5.69 Å². The van der Waals surface area contributed by atoms with Gasteiger partial charge in [-0.3, -0.25) is 4.79 Å². The number of aromatic hydroxyl groups is 1. The molecule has 0 radical (unpaired) electrons. The van der Waals surface area contributed by atoms with Crippen LogP contribution in [-0.2, 0) is 4.79 Å². The van der Waals surface area contributed by atoms with Gasteiger partial charge in [0.05, 0.1) is 31.9 Å². The van der Waals surface area contributed by atoms with Crippen molar-refractivity contribution in [3.63, 3.8) is 0 Å². The number of hydrogen-bond donors (Lipinski definition) is 2. The van der Waals surface area contributed by atoms with Crippen LogP contribution in [0.15, 0.2) is 24.3 Å². The van der Waals surface area contributed by atoms with Gasteiger partial charge in [0.2, 0.25) is 0 Å². The number of para-hydroxylation sites is 2. The van der Waals surface area contributed by atoms with Crippen LogP contribution in [0.1, 0.15) is 32.1 Å². The number of carbonyl (C=O) groups excluding carboxylic acids is 1. The van der Waals surface area contributed by atoms with E-state index in [0.29, 0.717) is 18.2 Å². The number of likely N-dealkylation sites (tertiary alicyclic amines) is 1. The zero-order chi connectivity index (χ0) is 17.9. The van der Waals surface area contributed by atoms with Crippen molar-refractivity contribution in [2.75, 3.05) is 50.7 Å². The molecule has 2 heterocycles. The fourth-order valence-electron chi connectivity index (χ4n) is 5.13. The van der Waals surface area contributed by atoms with Crippen LogP contribution in [0, 0.1) is 11.8 Å². The van der Waals surface area contributed by atoms with Gasteiger partial charge in [0.25, 0.3) is 5.91 Å². The highest BCUT2D eigenvalue weighted by Crippen LogP contribution is 2.35. The van der Waals surface area contributed by atoms with E-state index in [2.05, 4.69) is 9.80 Å². The highest BCUT2D eigenvalue weighted by atomic mass is 16.3. The topological polar surface area (TPSA) is 48.2 Å². The number of amides is 1. The number of nitrogens with zero attached hydrogens (tertiary/aromatic N) is 2. The Labute approximate surface area is 156 Å². The van der Waals surface area contributed by atoms with Crippen LogP contribution in [0.25, 0.3) is 0 Å². The number of phenolic OH excluding ortho intramolecular Hbond substituents is 1. The summed E-state index contributed by atoms with van der Waals surface area (Å²) in [6.45, 7) is 6.31. The lowest BCUT2D eigenvalue weighted by atomic mass is 9.75. The zero-order valence-electron chi connectivity index (χ0n) is 15.7. The molecule has 2 N–H and O–H groups in total. The molecule has 0 spiro atoms. The van der Waals surface area contributed by atoms with Crippen molar-refractivity contribution in [1.29, 1.82) is 0 Å². The predicted octanol–water partition coefficient (Wildman–Crippen LogP) is 1.14. The van der Waals surface area contributed by atoms with Crippen LogP contribution in [0.5, 0.6) is 5.75 Å². The van der Waals surface area contributed by atoms with Crippen molar-refractivity contribution in [2.24, 2.45) is 11.8 Å². The third kappa shape index (κ3) is 3.83. The number of nitrogens with one attached hydrogen (secondary N) is 1. The first-order chi connectivity index (χ1) is 12.7. The monoisotopic (exact) mass is 358 g/mol. The van der Waals surface area contributed by atoms with Crippen molar-refractivity contribution in [1.82, 2.24) is 4.90 Å². The van der Waals surface area contributed by atoms with E-state index < -0.39 is 0 Å². The van der Waals surface area contributed by atoms with Crippen molar-refractivity contribution in [3.05, 3.63) is 24.3 Å². The second-order valence-electron chi connectivity index (χ2n) is 8.34. The zero-order valence-corrected chi connectivity index (χ0v) is 15.7. The van der Waals surface area contributed by atoms with E-state index in [4.69, 9.17) is 0 Å². The first-order valence-corrected chi connectivity index (χ1v) is 10.3. The van der Waals surface area contributed by atoms with Crippen LogP contribution in [0.2, 0.25) is 0 Å². The number of quaternary nitrogens is 1. The van der Waals surface area contributed by atoms with Gasteiger partial charge < -0.3 is 19.8 Å². The molecule has 2 aliphatic heterocycles. The molecule has 3 fully saturated rings. The molecule has 142 valence electrons. The van der Waals surface area contributed by atoms with E-state index in [1.54, 1.807) is 6.07 Å². The second-order valence-corrected chi connectivity index (χ2v) is 8.34. The van der Waals surface area contributed by atoms with Crippen molar-refractivity contribution in [3.8, 4) is 5.75 Å². The van der Waals surface area contributed by atoms with Crippen molar-refractivity contribution < 1.29 is 14.8 Å². The molecule has 0 aromatic heterocycles. The molecule has 2 saturated heterocycles. The highest BCUT2D eigenvalue weighted by molar-refractivity contribution is 5.77. The second kappa shape index (κ2) is 7.87. The summed E-state index contributed by atoms with van der Waals surface area (Å²) in [6, 6.07) is 7.54. The number of anilines is 1. The van der Waals surface area contributed by atoms with E-state index in [9.17, 15) is 9.90 Å². The summed E-state index contributed by atoms with van der Waals surface area (Å²) in [5, 5.41) is 10.0. The van der Waals surface area contributed by atoms with E-state index in [1.807, 2.05) is 18.2 Å². The summed E-state index contributed by atoms with van der Waals surface area (Å²) >= 11 is 0. The number of fused-ring (bicyclic) bond motifs is 1. The van der Waals surface area contributed by atoms with E-state index in [1.165, 1.54) is 37.0 Å². The molecular weight excluding hydrogens is 326 g/mol. The summed E-state index contributed by atoms with van der Waals surface area (Å²) in [4.78, 5) is 18.6. The van der Waals surface area contributed by atoms with Crippen LogP contribution < -0.4 is 9.80 Å². The minimum absolute atomic E-state index is 0.347. The van der Waals surface area contributed by atoms with Gasteiger partial charge in [-0.2, -0.15) is 0 Å². The number of hydrogen-bond acceptors (Lipinski definition) is 3. The SMILES string of the molecule is O=C(C[NH+]1CCN(c2ccccc2O)CC1)N1CC[C@H]2CCCC[C@H]2C1. The van der Waals surface area contributed by atoms with E-state index in [0.717, 1.165) is 56.8 Å². The molecule has 1 aromatic carbocycles. The number of phenols is 1. The highest BCUT2D eigenvalue weighted by Gasteiger charge is 2.34. The van der Waals surface area contributed by atoms with Gasteiger partial charge >= 0.3 is 0 Å². The Bertz CT molecular complexity index is 627. The summed E-state index contributed by atoms with van der Waals surface area (Å²) < 4.78 is 0. The first-order valence-electron chi connectivity index (χ1n) is 10.3. The molecule has 1 saturated carbocycles. The average molecular weight is 359 g/mol. The third-order valence-electron chi connectivity index (χ3n) is 6.74. The van der Waals surface area contributed by atoms with Gasteiger partial charge in [-0.05, 0) is 36.8 Å². The minimum atomic E-state index is 0.347. The van der Waals surface area contributed by atoms with Crippen molar-refractivity contribution in [2.45, 2.75) is 32.1 Å². The fraction of sp³-hybridized carbons (Fsp3) is 0.667. The molecule has 5 heteroatoms. The normalized spacial score (nSPS) is 27.2. The fourth-order valence-corrected chi connectivity index (χ4v) is 5.13. The Kier molecular flexibility index (Phi) is 5.34. The molecule has 0 bridgehead atoms. The van der Waals surface area contributed by atoms with Gasteiger partial charge in [-0.25, -0.2) is 0 Å². The third-order valence-corrected chi connectivity index (χ3v) is 6.74. The lowest BCUT2D eigenvalue weighted by molar-refractivity contribution is -0.892. The predicted molar refractivity (Wildman–Crippen MR) is 103 cm³/mol. The van der Waals surface area contributed by atoms with Crippen LogP contribution in [-0.4, -0.2) is 61.7 Å². The smallest absolute Gasteiger partial charge is 0.277 e. The van der Waals surface area contributed by atoms with E-state index in [-0.39, 0.29) is 0 Å². The van der Waals surface area contributed by atoms with Gasteiger partial charge in [0.15, 0.2) is 6.54 Å². The first kappa shape index (κ1) is 17.7. The maximum atomic E-state index is 12.8. The number of piperazine rings is 1. The van der Waals surface area contributed by atoms with Crippen LogP contribution >= 0.6 is 0 Å². The molecule has 1 aliphatic carbocycles. The molecule has 26 heavy (non-hydrogen) atoms. The minimum Gasteiger partial charge on any atom is -0.506 e. The lowest BCUT2D eigenvalue weighted by Gasteiger charge is -2.41. The standard InChI is InChI=1S/C21H31N3O2/c25-20-8-4-3-7-19(20)23-13-11-22(12-14-23)16-21(26)24-10-9-17-5-1-2-6-18(17)15-24/h3-4,7-8,17-18,25H,1-2,5-6,9-16H2/p+1/t17-,18+/m1/s1. The molecule has 3 aliphatic rings. The Morgan fingerprint density at radius 3 is 2.54 bits per heavy atom.